The van der Waals surface area contributed by atoms with Gasteiger partial charge in [0.05, 0.1) is 46.8 Å². The molecule has 52 heavy (non-hydrogen) atoms. The van der Waals surface area contributed by atoms with Crippen LogP contribution >= 0.6 is 0 Å². The number of hydrogen-bond donors (Lipinski definition) is 2. The minimum Gasteiger partial charge on any atom is -0.494 e. The third-order valence-electron chi connectivity index (χ3n) is 8.77. The largest absolute Gasteiger partial charge is 0.494 e. The van der Waals surface area contributed by atoms with E-state index in [-0.39, 0.29) is 11.8 Å². The van der Waals surface area contributed by atoms with Crippen LogP contribution in [0.15, 0.2) is 133 Å². The molecule has 0 aliphatic carbocycles. The third-order valence-corrected chi connectivity index (χ3v) is 8.77. The van der Waals surface area contributed by atoms with Crippen LogP contribution in [0.5, 0.6) is 11.5 Å². The van der Waals surface area contributed by atoms with E-state index < -0.39 is 0 Å². The molecule has 2 N–H and O–H groups in total. The molecule has 0 atom stereocenters. The molecule has 7 rings (SSSR count). The van der Waals surface area contributed by atoms with Gasteiger partial charge in [-0.05, 0) is 97.8 Å². The normalized spacial score (nSPS) is 11.0. The molecule has 0 saturated heterocycles. The number of aromatic nitrogens is 2. The lowest BCUT2D eigenvalue weighted by Gasteiger charge is -2.12. The van der Waals surface area contributed by atoms with Crippen LogP contribution in [0.25, 0.3) is 44.3 Å². The first-order valence-electron chi connectivity index (χ1n) is 17.4. The number of carbonyl (C=O) groups excluding carboxylic acids is 2. The summed E-state index contributed by atoms with van der Waals surface area (Å²) in [6, 6.07) is 42.3. The van der Waals surface area contributed by atoms with Crippen LogP contribution in [-0.4, -0.2) is 35.0 Å². The number of rotatable bonds is 12. The number of carbonyl (C=O) groups is 2. The van der Waals surface area contributed by atoms with Gasteiger partial charge in [0.15, 0.2) is 0 Å². The number of fused-ring (bicyclic) bond motifs is 2. The number of nitrogens with zero attached hydrogens (tertiary/aromatic N) is 2. The Morgan fingerprint density at radius 3 is 1.29 bits per heavy atom. The Kier molecular flexibility index (Phi) is 10.2. The molecular weight excluding hydrogens is 649 g/mol. The fourth-order valence-corrected chi connectivity index (χ4v) is 6.13. The Morgan fingerprint density at radius 1 is 0.519 bits per heavy atom. The van der Waals surface area contributed by atoms with Gasteiger partial charge in [-0.25, -0.2) is 9.97 Å². The van der Waals surface area contributed by atoms with Crippen molar-refractivity contribution in [3.8, 4) is 34.0 Å². The fraction of sp³-hybridized carbons (Fsp3) is 0.136. The summed E-state index contributed by atoms with van der Waals surface area (Å²) in [4.78, 5) is 36.8. The highest BCUT2D eigenvalue weighted by atomic mass is 16.5. The standard InChI is InChI=1S/C44H38N4O4/c1-3-51-33-21-17-31(18-22-33)41-25-37(35-9-5-7-11-39(35)47-41)43(49)45-27-29-13-15-30(16-14-29)28-46-44(50)38-26-42(48-40-12-8-6-10-36(38)40)32-19-23-34(24-20-32)52-4-2/h5-26H,3-4,27-28H2,1-2H3,(H,45,49)(H,46,50). The molecule has 7 aromatic rings. The Labute approximate surface area is 302 Å². The maximum atomic E-state index is 13.6. The van der Waals surface area contributed by atoms with E-state index in [9.17, 15) is 9.59 Å². The first-order chi connectivity index (χ1) is 25.5. The van der Waals surface area contributed by atoms with E-state index in [0.29, 0.717) is 48.8 Å². The second-order valence-corrected chi connectivity index (χ2v) is 12.2. The van der Waals surface area contributed by atoms with Crippen molar-refractivity contribution < 1.29 is 19.1 Å². The van der Waals surface area contributed by atoms with Gasteiger partial charge in [-0.2, -0.15) is 0 Å². The topological polar surface area (TPSA) is 102 Å². The average molecular weight is 687 g/mol. The van der Waals surface area contributed by atoms with Crippen molar-refractivity contribution in [2.24, 2.45) is 0 Å². The minimum atomic E-state index is -0.184. The van der Waals surface area contributed by atoms with E-state index in [4.69, 9.17) is 19.4 Å². The zero-order valence-electron chi connectivity index (χ0n) is 29.1. The molecule has 2 amide bonds. The monoisotopic (exact) mass is 686 g/mol. The number of pyridine rings is 2. The fourth-order valence-electron chi connectivity index (χ4n) is 6.13. The van der Waals surface area contributed by atoms with Crippen LogP contribution in [0.1, 0.15) is 45.7 Å². The lowest BCUT2D eigenvalue weighted by molar-refractivity contribution is 0.0944. The quantitative estimate of drug-likeness (QED) is 0.133. The summed E-state index contributed by atoms with van der Waals surface area (Å²) < 4.78 is 11.2. The predicted octanol–water partition coefficient (Wildman–Crippen LogP) is 8.77. The predicted molar refractivity (Wildman–Crippen MR) is 205 cm³/mol. The highest BCUT2D eigenvalue weighted by molar-refractivity contribution is 6.08. The van der Waals surface area contributed by atoms with Crippen molar-refractivity contribution in [2.45, 2.75) is 26.9 Å². The van der Waals surface area contributed by atoms with E-state index in [0.717, 1.165) is 55.6 Å². The molecule has 0 aliphatic rings. The molecule has 2 aromatic heterocycles. The average Bonchev–Trinajstić information content (AvgIpc) is 3.19. The highest BCUT2D eigenvalue weighted by Crippen LogP contribution is 2.28. The molecular formula is C44H38N4O4. The van der Waals surface area contributed by atoms with Crippen molar-refractivity contribution in [3.05, 3.63) is 156 Å². The molecule has 8 heteroatoms. The van der Waals surface area contributed by atoms with Crippen LogP contribution in [0.2, 0.25) is 0 Å². The van der Waals surface area contributed by atoms with Gasteiger partial charge in [0, 0.05) is 35.0 Å². The van der Waals surface area contributed by atoms with Gasteiger partial charge in [-0.1, -0.05) is 60.7 Å². The Morgan fingerprint density at radius 2 is 0.904 bits per heavy atom. The van der Waals surface area contributed by atoms with Crippen molar-refractivity contribution in [1.82, 2.24) is 20.6 Å². The molecule has 5 aromatic carbocycles. The molecule has 8 nitrogen and oxygen atoms in total. The maximum Gasteiger partial charge on any atom is 0.252 e. The SMILES string of the molecule is CCOc1ccc(-c2cc(C(=O)NCc3ccc(CNC(=O)c4cc(-c5ccc(OCC)cc5)nc5ccccc45)cc3)c3ccccc3n2)cc1. The van der Waals surface area contributed by atoms with Crippen LogP contribution in [0.4, 0.5) is 0 Å². The second-order valence-electron chi connectivity index (χ2n) is 12.2. The number of nitrogens with one attached hydrogen (secondary N) is 2. The van der Waals surface area contributed by atoms with Crippen molar-refractivity contribution in [3.63, 3.8) is 0 Å². The summed E-state index contributed by atoms with van der Waals surface area (Å²) in [7, 11) is 0. The Bertz CT molecular complexity index is 2190. The molecule has 0 spiro atoms. The summed E-state index contributed by atoms with van der Waals surface area (Å²) in [5.41, 5.74) is 7.71. The van der Waals surface area contributed by atoms with E-state index in [1.54, 1.807) is 0 Å². The first-order valence-corrected chi connectivity index (χ1v) is 17.4. The third kappa shape index (κ3) is 7.61. The van der Waals surface area contributed by atoms with Gasteiger partial charge >= 0.3 is 0 Å². The molecule has 0 saturated carbocycles. The van der Waals surface area contributed by atoms with E-state index >= 15 is 0 Å². The molecule has 0 bridgehead atoms. The molecule has 0 radical (unpaired) electrons. The number of para-hydroxylation sites is 2. The van der Waals surface area contributed by atoms with Gasteiger partial charge in [-0.3, -0.25) is 9.59 Å². The summed E-state index contributed by atoms with van der Waals surface area (Å²) >= 11 is 0. The van der Waals surface area contributed by atoms with Gasteiger partial charge in [0.25, 0.3) is 11.8 Å². The lowest BCUT2D eigenvalue weighted by Crippen LogP contribution is -2.24. The molecule has 258 valence electrons. The van der Waals surface area contributed by atoms with Gasteiger partial charge < -0.3 is 20.1 Å². The van der Waals surface area contributed by atoms with Crippen LogP contribution in [0.3, 0.4) is 0 Å². The number of ether oxygens (including phenoxy) is 2. The van der Waals surface area contributed by atoms with Crippen LogP contribution in [-0.2, 0) is 13.1 Å². The smallest absolute Gasteiger partial charge is 0.252 e. The number of amides is 2. The van der Waals surface area contributed by atoms with Gasteiger partial charge in [0.2, 0.25) is 0 Å². The summed E-state index contributed by atoms with van der Waals surface area (Å²) in [5.74, 6) is 1.21. The first kappa shape index (κ1) is 33.9. The van der Waals surface area contributed by atoms with Crippen LogP contribution in [0, 0.1) is 0 Å². The van der Waals surface area contributed by atoms with Crippen molar-refractivity contribution in [2.75, 3.05) is 13.2 Å². The zero-order valence-corrected chi connectivity index (χ0v) is 29.1. The molecule has 0 fully saturated rings. The molecule has 2 heterocycles. The van der Waals surface area contributed by atoms with Gasteiger partial charge in [0.1, 0.15) is 11.5 Å². The number of benzene rings is 5. The van der Waals surface area contributed by atoms with Crippen molar-refractivity contribution in [1.29, 1.82) is 0 Å². The zero-order chi connectivity index (χ0) is 35.9. The van der Waals surface area contributed by atoms with E-state index in [2.05, 4.69) is 10.6 Å². The van der Waals surface area contributed by atoms with E-state index in [1.165, 1.54) is 0 Å². The minimum absolute atomic E-state index is 0.184. The number of hydrogen-bond acceptors (Lipinski definition) is 6. The van der Waals surface area contributed by atoms with Crippen molar-refractivity contribution >= 4 is 33.6 Å². The Balaban J connectivity index is 1.02. The molecule has 0 aliphatic heterocycles. The molecule has 0 unspecified atom stereocenters. The summed E-state index contributed by atoms with van der Waals surface area (Å²) in [6.07, 6.45) is 0. The second kappa shape index (κ2) is 15.6. The Hall–Kier alpha value is -6.54. The highest BCUT2D eigenvalue weighted by Gasteiger charge is 2.16. The summed E-state index contributed by atoms with van der Waals surface area (Å²) in [6.45, 7) is 5.77. The van der Waals surface area contributed by atoms with Crippen LogP contribution < -0.4 is 20.1 Å². The summed E-state index contributed by atoms with van der Waals surface area (Å²) in [5, 5.41) is 7.73. The van der Waals surface area contributed by atoms with E-state index in [1.807, 2.05) is 147 Å². The van der Waals surface area contributed by atoms with Gasteiger partial charge in [-0.15, -0.1) is 0 Å². The maximum absolute atomic E-state index is 13.6. The lowest BCUT2D eigenvalue weighted by atomic mass is 10.0.